The Hall–Kier alpha value is -2.07. The van der Waals surface area contributed by atoms with E-state index in [-0.39, 0.29) is 5.91 Å². The van der Waals surface area contributed by atoms with Gasteiger partial charge in [-0.2, -0.15) is 0 Å². The van der Waals surface area contributed by atoms with Crippen LogP contribution in [0.1, 0.15) is 23.7 Å². The van der Waals surface area contributed by atoms with Crippen LogP contribution in [0.5, 0.6) is 5.75 Å². The van der Waals surface area contributed by atoms with E-state index in [4.69, 9.17) is 4.74 Å². The number of carbonyl (C=O) groups is 1. The number of piperazine rings is 1. The molecule has 3 rings (SSSR count). The Morgan fingerprint density at radius 1 is 1.14 bits per heavy atom. The molecular weight excluding hydrogens is 276 g/mol. The molecule has 0 aromatic heterocycles. The molecule has 0 spiro atoms. The first-order chi connectivity index (χ1) is 10.8. The maximum absolute atomic E-state index is 12.8. The van der Waals surface area contributed by atoms with Crippen molar-refractivity contribution in [2.24, 2.45) is 0 Å². The van der Waals surface area contributed by atoms with E-state index in [2.05, 4.69) is 12.2 Å². The molecule has 1 N–H and O–H groups in total. The second-order valence-corrected chi connectivity index (χ2v) is 5.55. The monoisotopic (exact) mass is 298 g/mol. The Kier molecular flexibility index (Phi) is 4.59. The highest BCUT2D eigenvalue weighted by molar-refractivity contribution is 6.08. The van der Waals surface area contributed by atoms with Crippen molar-refractivity contribution >= 4 is 16.7 Å². The second-order valence-electron chi connectivity index (χ2n) is 5.55. The van der Waals surface area contributed by atoms with Gasteiger partial charge in [-0.25, -0.2) is 0 Å². The highest BCUT2D eigenvalue weighted by Crippen LogP contribution is 2.29. The lowest BCUT2D eigenvalue weighted by atomic mass is 10.0. The largest absolute Gasteiger partial charge is 0.493 e. The van der Waals surface area contributed by atoms with E-state index in [0.717, 1.165) is 54.7 Å². The standard InChI is InChI=1S/C18H22N2O2/c1-2-13-22-17-8-7-16(14-5-3-4-6-15(14)17)18(21)20-11-9-19-10-12-20/h3-8,19H,2,9-13H2,1H3. The van der Waals surface area contributed by atoms with Gasteiger partial charge in [-0.15, -0.1) is 0 Å². The molecule has 0 unspecified atom stereocenters. The smallest absolute Gasteiger partial charge is 0.254 e. The summed E-state index contributed by atoms with van der Waals surface area (Å²) in [7, 11) is 0. The first-order valence-electron chi connectivity index (χ1n) is 7.96. The van der Waals surface area contributed by atoms with Crippen LogP contribution in [0.25, 0.3) is 10.8 Å². The van der Waals surface area contributed by atoms with Crippen LogP contribution >= 0.6 is 0 Å². The molecule has 2 aromatic carbocycles. The van der Waals surface area contributed by atoms with Crippen molar-refractivity contribution < 1.29 is 9.53 Å². The third kappa shape index (κ3) is 2.92. The first kappa shape index (κ1) is 14.9. The fourth-order valence-corrected chi connectivity index (χ4v) is 2.83. The zero-order valence-electron chi connectivity index (χ0n) is 13.0. The van der Waals surface area contributed by atoms with Crippen LogP contribution in [-0.2, 0) is 0 Å². The molecule has 1 saturated heterocycles. The number of fused-ring (bicyclic) bond motifs is 1. The molecule has 4 heteroatoms. The average Bonchev–Trinajstić information content (AvgIpc) is 2.60. The Morgan fingerprint density at radius 3 is 2.59 bits per heavy atom. The average molecular weight is 298 g/mol. The number of hydrogen-bond acceptors (Lipinski definition) is 3. The molecule has 0 radical (unpaired) electrons. The molecular formula is C18H22N2O2. The van der Waals surface area contributed by atoms with Gasteiger partial charge in [-0.3, -0.25) is 4.79 Å². The summed E-state index contributed by atoms with van der Waals surface area (Å²) in [5, 5.41) is 5.26. The van der Waals surface area contributed by atoms with Crippen molar-refractivity contribution in [3.8, 4) is 5.75 Å². The summed E-state index contributed by atoms with van der Waals surface area (Å²) >= 11 is 0. The lowest BCUT2D eigenvalue weighted by Crippen LogP contribution is -2.46. The van der Waals surface area contributed by atoms with Gasteiger partial charge in [0.1, 0.15) is 5.75 Å². The molecule has 1 aliphatic heterocycles. The van der Waals surface area contributed by atoms with Gasteiger partial charge in [0.2, 0.25) is 0 Å². The van der Waals surface area contributed by atoms with Crippen LogP contribution in [0.4, 0.5) is 0 Å². The molecule has 22 heavy (non-hydrogen) atoms. The number of hydrogen-bond donors (Lipinski definition) is 1. The molecule has 1 amide bonds. The predicted molar refractivity (Wildman–Crippen MR) is 88.5 cm³/mol. The van der Waals surface area contributed by atoms with E-state index in [1.54, 1.807) is 0 Å². The van der Waals surface area contributed by atoms with Gasteiger partial charge < -0.3 is 15.0 Å². The quantitative estimate of drug-likeness (QED) is 0.943. The van der Waals surface area contributed by atoms with Crippen LogP contribution in [0.15, 0.2) is 36.4 Å². The van der Waals surface area contributed by atoms with Crippen molar-refractivity contribution in [1.82, 2.24) is 10.2 Å². The minimum absolute atomic E-state index is 0.111. The molecule has 0 saturated carbocycles. The topological polar surface area (TPSA) is 41.6 Å². The predicted octanol–water partition coefficient (Wildman–Crippen LogP) is 2.67. The number of carbonyl (C=O) groups excluding carboxylic acids is 1. The second kappa shape index (κ2) is 6.79. The molecule has 2 aromatic rings. The van der Waals surface area contributed by atoms with Crippen molar-refractivity contribution in [3.05, 3.63) is 42.0 Å². The first-order valence-corrected chi connectivity index (χ1v) is 7.96. The number of amides is 1. The lowest BCUT2D eigenvalue weighted by Gasteiger charge is -2.28. The molecule has 0 aliphatic carbocycles. The zero-order chi connectivity index (χ0) is 15.4. The van der Waals surface area contributed by atoms with Crippen molar-refractivity contribution in [2.75, 3.05) is 32.8 Å². The maximum atomic E-state index is 12.8. The Morgan fingerprint density at radius 2 is 1.86 bits per heavy atom. The summed E-state index contributed by atoms with van der Waals surface area (Å²) in [6, 6.07) is 11.8. The van der Waals surface area contributed by atoms with E-state index in [1.165, 1.54) is 0 Å². The fraction of sp³-hybridized carbons (Fsp3) is 0.389. The van der Waals surface area contributed by atoms with Gasteiger partial charge in [-0.1, -0.05) is 31.2 Å². The van der Waals surface area contributed by atoms with Gasteiger partial charge >= 0.3 is 0 Å². The number of nitrogens with zero attached hydrogens (tertiary/aromatic N) is 1. The van der Waals surface area contributed by atoms with Crippen molar-refractivity contribution in [2.45, 2.75) is 13.3 Å². The summed E-state index contributed by atoms with van der Waals surface area (Å²) < 4.78 is 5.81. The molecule has 116 valence electrons. The van der Waals surface area contributed by atoms with Gasteiger partial charge in [0, 0.05) is 37.1 Å². The maximum Gasteiger partial charge on any atom is 0.254 e. The molecule has 1 heterocycles. The van der Waals surface area contributed by atoms with Crippen LogP contribution in [0, 0.1) is 0 Å². The van der Waals surface area contributed by atoms with Gasteiger partial charge in [-0.05, 0) is 23.9 Å². The van der Waals surface area contributed by atoms with Crippen LogP contribution in [0.2, 0.25) is 0 Å². The summed E-state index contributed by atoms with van der Waals surface area (Å²) in [4.78, 5) is 14.7. The van der Waals surface area contributed by atoms with E-state index in [1.807, 2.05) is 41.3 Å². The molecule has 0 atom stereocenters. The normalized spacial score (nSPS) is 15.0. The van der Waals surface area contributed by atoms with Gasteiger partial charge in [0.05, 0.1) is 6.61 Å². The molecule has 4 nitrogen and oxygen atoms in total. The number of nitrogens with one attached hydrogen (secondary N) is 1. The van der Waals surface area contributed by atoms with Crippen molar-refractivity contribution in [3.63, 3.8) is 0 Å². The summed E-state index contributed by atoms with van der Waals surface area (Å²) in [5.41, 5.74) is 0.765. The minimum Gasteiger partial charge on any atom is -0.493 e. The van der Waals surface area contributed by atoms with Gasteiger partial charge in [0.25, 0.3) is 5.91 Å². The van der Waals surface area contributed by atoms with E-state index < -0.39 is 0 Å². The van der Waals surface area contributed by atoms with Crippen LogP contribution in [-0.4, -0.2) is 43.6 Å². The third-order valence-electron chi connectivity index (χ3n) is 3.98. The Bertz CT molecular complexity index is 663. The van der Waals surface area contributed by atoms with Gasteiger partial charge in [0.15, 0.2) is 0 Å². The fourth-order valence-electron chi connectivity index (χ4n) is 2.83. The minimum atomic E-state index is 0.111. The Labute approximate surface area is 131 Å². The third-order valence-corrected chi connectivity index (χ3v) is 3.98. The van der Waals surface area contributed by atoms with Crippen LogP contribution in [0.3, 0.4) is 0 Å². The number of benzene rings is 2. The number of rotatable bonds is 4. The van der Waals surface area contributed by atoms with Crippen molar-refractivity contribution in [1.29, 1.82) is 0 Å². The molecule has 0 bridgehead atoms. The molecule has 1 fully saturated rings. The zero-order valence-corrected chi connectivity index (χ0v) is 13.0. The van der Waals surface area contributed by atoms with E-state index >= 15 is 0 Å². The SMILES string of the molecule is CCCOc1ccc(C(=O)N2CCNCC2)c2ccccc12. The van der Waals surface area contributed by atoms with E-state index in [9.17, 15) is 4.79 Å². The molecule has 1 aliphatic rings. The van der Waals surface area contributed by atoms with Crippen LogP contribution < -0.4 is 10.1 Å². The summed E-state index contributed by atoms with van der Waals surface area (Å²) in [5.74, 6) is 0.967. The number of ether oxygens (including phenoxy) is 1. The lowest BCUT2D eigenvalue weighted by molar-refractivity contribution is 0.0738. The summed E-state index contributed by atoms with van der Waals surface area (Å²) in [6.07, 6.45) is 0.968. The highest BCUT2D eigenvalue weighted by Gasteiger charge is 2.20. The highest BCUT2D eigenvalue weighted by atomic mass is 16.5. The Balaban J connectivity index is 1.98. The van der Waals surface area contributed by atoms with E-state index in [0.29, 0.717) is 6.61 Å². The summed E-state index contributed by atoms with van der Waals surface area (Å²) in [6.45, 7) is 6.03.